The molecular weight excluding hydrogens is 564 g/mol. The van der Waals surface area contributed by atoms with Crippen LogP contribution >= 0.6 is 0 Å². The van der Waals surface area contributed by atoms with Gasteiger partial charge in [0.15, 0.2) is 11.6 Å². The maximum absolute atomic E-state index is 16.2. The topological polar surface area (TPSA) is 64.5 Å². The minimum atomic E-state index is -3.04. The third-order valence-corrected chi connectivity index (χ3v) is 12.9. The van der Waals surface area contributed by atoms with Crippen LogP contribution in [0, 0.1) is 11.6 Å². The number of carbonyl (C=O) groups is 1. The van der Waals surface area contributed by atoms with Gasteiger partial charge in [0.25, 0.3) is 8.32 Å². The van der Waals surface area contributed by atoms with Crippen LogP contribution in [0.15, 0.2) is 85.3 Å². The van der Waals surface area contributed by atoms with E-state index in [2.05, 4.69) is 55.0 Å². The quantitative estimate of drug-likeness (QED) is 0.191. The SMILES string of the molecule is C[C@@H]1CN(c2c(CO[Si](c3ccccc3)(c3ccccc3)C(C)(C)C)cc(C(=O)c3cnccn3)c(F)c2F)C[C@H](C)O1. The van der Waals surface area contributed by atoms with E-state index in [0.29, 0.717) is 18.7 Å². The van der Waals surface area contributed by atoms with E-state index in [0.717, 1.165) is 10.4 Å². The number of aromatic nitrogens is 2. The molecule has 2 heterocycles. The second-order valence-corrected chi connectivity index (χ2v) is 16.4. The molecule has 9 heteroatoms. The van der Waals surface area contributed by atoms with Crippen molar-refractivity contribution in [2.24, 2.45) is 0 Å². The summed E-state index contributed by atoms with van der Waals surface area (Å²) in [4.78, 5) is 23.2. The van der Waals surface area contributed by atoms with E-state index in [-0.39, 0.29) is 35.2 Å². The lowest BCUT2D eigenvalue weighted by molar-refractivity contribution is -0.00553. The Bertz CT molecular complexity index is 1520. The Morgan fingerprint density at radius 2 is 1.53 bits per heavy atom. The lowest BCUT2D eigenvalue weighted by Crippen LogP contribution is -2.66. The van der Waals surface area contributed by atoms with Gasteiger partial charge in [-0.05, 0) is 35.3 Å². The monoisotopic (exact) mass is 601 g/mol. The fourth-order valence-electron chi connectivity index (χ4n) is 6.15. The number of carbonyl (C=O) groups excluding carboxylic acids is 1. The number of hydrogen-bond acceptors (Lipinski definition) is 6. The van der Waals surface area contributed by atoms with Crippen molar-refractivity contribution in [3.63, 3.8) is 0 Å². The predicted octanol–water partition coefficient (Wildman–Crippen LogP) is 5.68. The summed E-state index contributed by atoms with van der Waals surface area (Å²) in [6.07, 6.45) is 3.62. The standard InChI is InChI=1S/C34H37F2N3O3Si/c1-23-20-39(21-24(2)42-23)32-25(18-28(30(35)31(32)36)33(40)29-19-37-16-17-38-29)22-41-43(34(3,4)5,26-12-8-6-9-13-26)27-14-10-7-11-15-27/h6-19,23-24H,20-22H2,1-5H3/t23-,24+. The average Bonchev–Trinajstić information content (AvgIpc) is 2.99. The van der Waals surface area contributed by atoms with Gasteiger partial charge in [-0.3, -0.25) is 9.78 Å². The van der Waals surface area contributed by atoms with E-state index in [9.17, 15) is 4.79 Å². The number of nitrogens with zero attached hydrogens (tertiary/aromatic N) is 3. The maximum Gasteiger partial charge on any atom is 0.261 e. The zero-order valence-corrected chi connectivity index (χ0v) is 26.2. The maximum atomic E-state index is 16.2. The molecule has 3 aromatic carbocycles. The molecule has 0 bridgehead atoms. The van der Waals surface area contributed by atoms with Crippen LogP contribution in [-0.4, -0.2) is 49.4 Å². The summed E-state index contributed by atoms with van der Waals surface area (Å²) in [5, 5.41) is 1.78. The fraction of sp³-hybridized carbons (Fsp3) is 0.324. The molecule has 0 unspecified atom stereocenters. The molecule has 2 atom stereocenters. The summed E-state index contributed by atoms with van der Waals surface area (Å²) in [6.45, 7) is 11.0. The number of hydrogen-bond donors (Lipinski definition) is 0. The van der Waals surface area contributed by atoms with E-state index < -0.39 is 31.3 Å². The Morgan fingerprint density at radius 3 is 2.05 bits per heavy atom. The third kappa shape index (κ3) is 6.02. The van der Waals surface area contributed by atoms with Crippen molar-refractivity contribution in [2.45, 2.75) is 58.5 Å². The molecule has 43 heavy (non-hydrogen) atoms. The van der Waals surface area contributed by atoms with Crippen molar-refractivity contribution < 1.29 is 22.7 Å². The molecule has 0 aliphatic carbocycles. The first-order valence-electron chi connectivity index (χ1n) is 14.5. The second kappa shape index (κ2) is 12.4. The van der Waals surface area contributed by atoms with Crippen molar-refractivity contribution in [3.8, 4) is 0 Å². The zero-order valence-electron chi connectivity index (χ0n) is 25.2. The minimum absolute atomic E-state index is 0.0410. The number of ketones is 1. The first-order valence-corrected chi connectivity index (χ1v) is 16.4. The second-order valence-electron chi connectivity index (χ2n) is 12.1. The van der Waals surface area contributed by atoms with Crippen LogP contribution in [0.25, 0.3) is 0 Å². The lowest BCUT2D eigenvalue weighted by atomic mass is 10.0. The van der Waals surface area contributed by atoms with Gasteiger partial charge in [0.1, 0.15) is 5.69 Å². The fourth-order valence-corrected chi connectivity index (χ4v) is 10.7. The summed E-state index contributed by atoms with van der Waals surface area (Å²) in [7, 11) is -3.04. The summed E-state index contributed by atoms with van der Waals surface area (Å²) in [6, 6.07) is 21.6. The molecule has 0 N–H and O–H groups in total. The lowest BCUT2D eigenvalue weighted by Gasteiger charge is -2.43. The number of anilines is 1. The number of morpholine rings is 1. The largest absolute Gasteiger partial charge is 0.403 e. The van der Waals surface area contributed by atoms with Crippen molar-refractivity contribution in [2.75, 3.05) is 18.0 Å². The Morgan fingerprint density at radius 1 is 0.953 bits per heavy atom. The Labute approximate surface area is 252 Å². The summed E-state index contributed by atoms with van der Waals surface area (Å²) in [5.74, 6) is -3.05. The number of rotatable bonds is 8. The van der Waals surface area contributed by atoms with Crippen LogP contribution in [0.4, 0.5) is 14.5 Å². The van der Waals surface area contributed by atoms with Gasteiger partial charge in [0.2, 0.25) is 5.78 Å². The van der Waals surface area contributed by atoms with Gasteiger partial charge < -0.3 is 14.1 Å². The van der Waals surface area contributed by atoms with Crippen molar-refractivity contribution >= 4 is 30.2 Å². The molecule has 0 spiro atoms. The van der Waals surface area contributed by atoms with Gasteiger partial charge in [0, 0.05) is 31.0 Å². The third-order valence-electron chi connectivity index (χ3n) is 7.90. The Balaban J connectivity index is 1.68. The van der Waals surface area contributed by atoms with E-state index in [1.165, 1.54) is 24.7 Å². The average molecular weight is 602 g/mol. The van der Waals surface area contributed by atoms with Crippen LogP contribution in [0.2, 0.25) is 5.04 Å². The molecule has 5 rings (SSSR count). The smallest absolute Gasteiger partial charge is 0.261 e. The first-order chi connectivity index (χ1) is 20.5. The van der Waals surface area contributed by atoms with Crippen molar-refractivity contribution in [3.05, 3.63) is 114 Å². The molecule has 0 amide bonds. The molecule has 0 saturated carbocycles. The predicted molar refractivity (Wildman–Crippen MR) is 166 cm³/mol. The number of ether oxygens (including phenoxy) is 1. The molecule has 1 saturated heterocycles. The Hall–Kier alpha value is -3.79. The molecule has 1 aliphatic heterocycles. The van der Waals surface area contributed by atoms with Crippen LogP contribution < -0.4 is 15.3 Å². The van der Waals surface area contributed by atoms with Crippen LogP contribution in [0.1, 0.15) is 56.2 Å². The van der Waals surface area contributed by atoms with Gasteiger partial charge in [-0.25, -0.2) is 13.8 Å². The van der Waals surface area contributed by atoms with E-state index in [4.69, 9.17) is 9.16 Å². The van der Waals surface area contributed by atoms with Crippen LogP contribution in [0.3, 0.4) is 0 Å². The highest BCUT2D eigenvalue weighted by Gasteiger charge is 2.50. The van der Waals surface area contributed by atoms with Crippen molar-refractivity contribution in [1.82, 2.24) is 9.97 Å². The summed E-state index contributed by atoms with van der Waals surface area (Å²) < 4.78 is 45.1. The minimum Gasteiger partial charge on any atom is -0.403 e. The van der Waals surface area contributed by atoms with Gasteiger partial charge in [-0.2, -0.15) is 0 Å². The van der Waals surface area contributed by atoms with E-state index >= 15 is 8.78 Å². The highest BCUT2D eigenvalue weighted by molar-refractivity contribution is 6.99. The first kappa shape index (κ1) is 30.7. The van der Waals surface area contributed by atoms with Crippen molar-refractivity contribution in [1.29, 1.82) is 0 Å². The van der Waals surface area contributed by atoms with Crippen LogP contribution in [0.5, 0.6) is 0 Å². The van der Waals surface area contributed by atoms with E-state index in [1.807, 2.05) is 50.2 Å². The highest BCUT2D eigenvalue weighted by atomic mass is 28.4. The van der Waals surface area contributed by atoms with Crippen LogP contribution in [-0.2, 0) is 15.8 Å². The molecule has 224 valence electrons. The summed E-state index contributed by atoms with van der Waals surface area (Å²) >= 11 is 0. The highest BCUT2D eigenvalue weighted by Crippen LogP contribution is 2.39. The molecule has 4 aromatic rings. The van der Waals surface area contributed by atoms with Gasteiger partial charge in [-0.1, -0.05) is 81.4 Å². The molecule has 6 nitrogen and oxygen atoms in total. The number of benzene rings is 3. The molecule has 1 aliphatic rings. The van der Waals surface area contributed by atoms with E-state index in [1.54, 1.807) is 4.90 Å². The normalized spacial score (nSPS) is 17.6. The number of halogens is 2. The van der Waals surface area contributed by atoms with Gasteiger partial charge in [0.05, 0.1) is 36.3 Å². The van der Waals surface area contributed by atoms with Gasteiger partial charge in [-0.15, -0.1) is 0 Å². The summed E-state index contributed by atoms with van der Waals surface area (Å²) in [5.41, 5.74) is 0.00623. The molecule has 0 radical (unpaired) electrons. The van der Waals surface area contributed by atoms with Gasteiger partial charge >= 0.3 is 0 Å². The molecular formula is C34H37F2N3O3Si. The molecule has 1 aromatic heterocycles. The zero-order chi connectivity index (χ0) is 30.8. The Kier molecular flexibility index (Phi) is 8.87. The molecule has 1 fully saturated rings.